The molecule has 0 spiro atoms. The number of fused-ring (bicyclic) bond motifs is 1. The van der Waals surface area contributed by atoms with Crippen molar-refractivity contribution in [3.63, 3.8) is 0 Å². The Bertz CT molecular complexity index is 823. The summed E-state index contributed by atoms with van der Waals surface area (Å²) in [5, 5.41) is 3.59. The molecular weight excluding hydrogens is 310 g/mol. The van der Waals surface area contributed by atoms with Crippen LogP contribution in [0.5, 0.6) is 0 Å². The first-order chi connectivity index (χ1) is 12.3. The average molecular weight is 335 g/mol. The van der Waals surface area contributed by atoms with Crippen molar-refractivity contribution in [1.82, 2.24) is 15.3 Å². The summed E-state index contributed by atoms with van der Waals surface area (Å²) in [7, 11) is 0. The highest BCUT2D eigenvalue weighted by Crippen LogP contribution is 2.24. The third kappa shape index (κ3) is 3.74. The summed E-state index contributed by atoms with van der Waals surface area (Å²) in [5.74, 6) is 0.861. The summed E-state index contributed by atoms with van der Waals surface area (Å²) in [6, 6.07) is 11.1. The van der Waals surface area contributed by atoms with E-state index >= 15 is 0 Å². The molecule has 1 unspecified atom stereocenters. The van der Waals surface area contributed by atoms with Gasteiger partial charge in [-0.1, -0.05) is 36.4 Å². The van der Waals surface area contributed by atoms with Crippen LogP contribution >= 0.6 is 0 Å². The van der Waals surface area contributed by atoms with Gasteiger partial charge in [0.2, 0.25) is 0 Å². The summed E-state index contributed by atoms with van der Waals surface area (Å²) < 4.78 is 0. The highest BCUT2D eigenvalue weighted by molar-refractivity contribution is 5.66. The van der Waals surface area contributed by atoms with Crippen LogP contribution < -0.4 is 10.9 Å². The molecule has 2 heterocycles. The maximum absolute atomic E-state index is 12.1. The lowest BCUT2D eigenvalue weighted by Gasteiger charge is -2.24. The van der Waals surface area contributed by atoms with E-state index in [1.807, 2.05) is 0 Å². The van der Waals surface area contributed by atoms with Crippen molar-refractivity contribution in [1.29, 1.82) is 0 Å². The van der Waals surface area contributed by atoms with E-state index in [1.54, 1.807) is 0 Å². The average Bonchev–Trinajstić information content (AvgIpc) is 3.12. The highest BCUT2D eigenvalue weighted by atomic mass is 16.1. The molecule has 1 aromatic carbocycles. The first kappa shape index (κ1) is 16.3. The summed E-state index contributed by atoms with van der Waals surface area (Å²) in [4.78, 5) is 19.7. The van der Waals surface area contributed by atoms with Crippen molar-refractivity contribution in [3.05, 3.63) is 69.4 Å². The molecule has 2 aliphatic rings. The van der Waals surface area contributed by atoms with Gasteiger partial charge in [-0.05, 0) is 49.7 Å². The Morgan fingerprint density at radius 1 is 1.16 bits per heavy atom. The molecule has 0 radical (unpaired) electrons. The fraction of sp³-hybridized carbons (Fsp3) is 0.429. The number of benzene rings is 1. The van der Waals surface area contributed by atoms with Gasteiger partial charge in [-0.2, -0.15) is 0 Å². The van der Waals surface area contributed by atoms with E-state index in [9.17, 15) is 4.79 Å². The number of aromatic nitrogens is 2. The minimum absolute atomic E-state index is 0.0857. The Hall–Kier alpha value is -2.20. The second kappa shape index (κ2) is 7.36. The van der Waals surface area contributed by atoms with E-state index < -0.39 is 0 Å². The summed E-state index contributed by atoms with van der Waals surface area (Å²) >= 11 is 0. The highest BCUT2D eigenvalue weighted by Gasteiger charge is 2.18. The van der Waals surface area contributed by atoms with E-state index in [2.05, 4.69) is 51.7 Å². The fourth-order valence-electron chi connectivity index (χ4n) is 3.99. The normalized spacial score (nSPS) is 19.5. The van der Waals surface area contributed by atoms with Gasteiger partial charge in [-0.25, -0.2) is 4.98 Å². The van der Waals surface area contributed by atoms with Gasteiger partial charge < -0.3 is 10.3 Å². The smallest absolute Gasteiger partial charge is 0.254 e. The molecule has 1 atom stereocenters. The molecule has 0 bridgehead atoms. The molecule has 0 amide bonds. The molecule has 4 rings (SSSR count). The van der Waals surface area contributed by atoms with Crippen molar-refractivity contribution in [2.75, 3.05) is 6.54 Å². The van der Waals surface area contributed by atoms with Crippen molar-refractivity contribution in [2.45, 2.75) is 51.0 Å². The minimum Gasteiger partial charge on any atom is -0.310 e. The monoisotopic (exact) mass is 335 g/mol. The van der Waals surface area contributed by atoms with Crippen molar-refractivity contribution in [3.8, 4) is 0 Å². The van der Waals surface area contributed by atoms with Crippen molar-refractivity contribution in [2.24, 2.45) is 0 Å². The summed E-state index contributed by atoms with van der Waals surface area (Å²) in [6.45, 7) is 0.933. The minimum atomic E-state index is 0.0857. The van der Waals surface area contributed by atoms with E-state index in [-0.39, 0.29) is 5.56 Å². The largest absolute Gasteiger partial charge is 0.310 e. The van der Waals surface area contributed by atoms with Gasteiger partial charge in [0.1, 0.15) is 5.82 Å². The zero-order valence-electron chi connectivity index (χ0n) is 14.6. The maximum Gasteiger partial charge on any atom is 0.254 e. The van der Waals surface area contributed by atoms with Crippen molar-refractivity contribution >= 4 is 5.57 Å². The predicted octanol–water partition coefficient (Wildman–Crippen LogP) is 3.03. The SMILES string of the molecule is O=c1[nH]c(CCCC2CC(c3ccccc3)=CCN2)nc2c1CCC2. The van der Waals surface area contributed by atoms with Crippen LogP contribution in [-0.2, 0) is 19.3 Å². The van der Waals surface area contributed by atoms with Crippen LogP contribution in [0.4, 0.5) is 0 Å². The standard InChI is InChI=1S/C21H25N3O/c25-21-18-9-5-10-19(18)23-20(24-21)11-4-8-17-14-16(12-13-22-17)15-6-2-1-3-7-15/h1-3,6-7,12,17,22H,4-5,8-11,13-14H2,(H,23,24,25). The second-order valence-electron chi connectivity index (χ2n) is 7.09. The van der Waals surface area contributed by atoms with E-state index in [1.165, 1.54) is 11.1 Å². The molecular formula is C21H25N3O. The maximum atomic E-state index is 12.1. The van der Waals surface area contributed by atoms with E-state index in [0.29, 0.717) is 6.04 Å². The fourth-order valence-corrected chi connectivity index (χ4v) is 3.99. The lowest BCUT2D eigenvalue weighted by Crippen LogP contribution is -2.33. The van der Waals surface area contributed by atoms with Gasteiger partial charge in [-0.15, -0.1) is 0 Å². The van der Waals surface area contributed by atoms with Crippen LogP contribution in [0.1, 0.15) is 48.3 Å². The molecule has 130 valence electrons. The molecule has 0 saturated carbocycles. The lowest BCUT2D eigenvalue weighted by atomic mass is 9.93. The number of hydrogen-bond donors (Lipinski definition) is 2. The first-order valence-electron chi connectivity index (χ1n) is 9.38. The Labute approximate surface area is 148 Å². The van der Waals surface area contributed by atoms with E-state index in [4.69, 9.17) is 0 Å². The predicted molar refractivity (Wildman–Crippen MR) is 101 cm³/mol. The zero-order chi connectivity index (χ0) is 17.1. The Morgan fingerprint density at radius 3 is 2.92 bits per heavy atom. The molecule has 1 aliphatic heterocycles. The van der Waals surface area contributed by atoms with Crippen LogP contribution in [0.25, 0.3) is 5.57 Å². The molecule has 2 aromatic rings. The topological polar surface area (TPSA) is 57.8 Å². The number of nitrogens with one attached hydrogen (secondary N) is 2. The number of hydrogen-bond acceptors (Lipinski definition) is 3. The molecule has 0 saturated heterocycles. The van der Waals surface area contributed by atoms with Gasteiger partial charge in [0.15, 0.2) is 0 Å². The lowest BCUT2D eigenvalue weighted by molar-refractivity contribution is 0.482. The van der Waals surface area contributed by atoms with E-state index in [0.717, 1.165) is 68.6 Å². The quantitative estimate of drug-likeness (QED) is 0.883. The Balaban J connectivity index is 1.33. The molecule has 1 aliphatic carbocycles. The van der Waals surface area contributed by atoms with Gasteiger partial charge in [0, 0.05) is 24.6 Å². The van der Waals surface area contributed by atoms with Gasteiger partial charge in [0.25, 0.3) is 5.56 Å². The Morgan fingerprint density at radius 2 is 2.04 bits per heavy atom. The second-order valence-corrected chi connectivity index (χ2v) is 7.09. The van der Waals surface area contributed by atoms with Gasteiger partial charge in [0.05, 0.1) is 5.69 Å². The van der Waals surface area contributed by atoms with Crippen LogP contribution in [0.3, 0.4) is 0 Å². The van der Waals surface area contributed by atoms with Crippen LogP contribution in [-0.4, -0.2) is 22.6 Å². The van der Waals surface area contributed by atoms with Crippen LogP contribution in [0.2, 0.25) is 0 Å². The third-order valence-corrected chi connectivity index (χ3v) is 5.32. The molecule has 0 fully saturated rings. The number of aryl methyl sites for hydroxylation is 2. The zero-order valence-corrected chi connectivity index (χ0v) is 14.6. The van der Waals surface area contributed by atoms with Gasteiger partial charge >= 0.3 is 0 Å². The summed E-state index contributed by atoms with van der Waals surface area (Å²) in [5.41, 5.74) is 4.80. The third-order valence-electron chi connectivity index (χ3n) is 5.32. The molecule has 25 heavy (non-hydrogen) atoms. The first-order valence-corrected chi connectivity index (χ1v) is 9.38. The molecule has 4 heteroatoms. The number of nitrogens with zero attached hydrogens (tertiary/aromatic N) is 1. The molecule has 1 aromatic heterocycles. The van der Waals surface area contributed by atoms with Crippen LogP contribution in [0, 0.1) is 0 Å². The number of rotatable bonds is 5. The Kier molecular flexibility index (Phi) is 4.79. The molecule has 2 N–H and O–H groups in total. The number of H-pyrrole nitrogens is 1. The van der Waals surface area contributed by atoms with Gasteiger partial charge in [-0.3, -0.25) is 4.79 Å². The summed E-state index contributed by atoms with van der Waals surface area (Å²) in [6.07, 6.45) is 9.27. The number of aromatic amines is 1. The van der Waals surface area contributed by atoms with Crippen molar-refractivity contribution < 1.29 is 0 Å². The van der Waals surface area contributed by atoms with Crippen LogP contribution in [0.15, 0.2) is 41.2 Å². The molecule has 4 nitrogen and oxygen atoms in total.